The molecule has 4 heteroatoms. The number of hydrogen-bond donors (Lipinski definition) is 1. The molecule has 1 amide bonds. The molecule has 0 aromatic rings. The Morgan fingerprint density at radius 1 is 1.47 bits per heavy atom. The second-order valence-electron chi connectivity index (χ2n) is 5.02. The van der Waals surface area contributed by atoms with Crippen LogP contribution in [0.5, 0.6) is 0 Å². The van der Waals surface area contributed by atoms with Crippen molar-refractivity contribution < 1.29 is 4.79 Å². The summed E-state index contributed by atoms with van der Waals surface area (Å²) in [5.74, 6) is 0.100. The van der Waals surface area contributed by atoms with Crippen LogP contribution in [-0.2, 0) is 4.79 Å². The van der Waals surface area contributed by atoms with Crippen LogP contribution in [0.1, 0.15) is 46.0 Å². The topological polar surface area (TPSA) is 56.1 Å². The molecule has 1 fully saturated rings. The van der Waals surface area contributed by atoms with E-state index in [2.05, 4.69) is 25.2 Å². The predicted molar refractivity (Wildman–Crippen MR) is 67.3 cm³/mol. The lowest BCUT2D eigenvalue weighted by Crippen LogP contribution is -2.43. The van der Waals surface area contributed by atoms with Gasteiger partial charge in [-0.3, -0.25) is 9.69 Å². The molecule has 0 aliphatic heterocycles. The molecule has 1 rings (SSSR count). The van der Waals surface area contributed by atoms with E-state index in [0.717, 1.165) is 12.8 Å². The highest BCUT2D eigenvalue weighted by atomic mass is 16.2. The Kier molecular flexibility index (Phi) is 5.99. The van der Waals surface area contributed by atoms with Crippen LogP contribution >= 0.6 is 0 Å². The molecule has 0 bridgehead atoms. The molecule has 4 nitrogen and oxygen atoms in total. The Balaban J connectivity index is 2.32. The third-order valence-electron chi connectivity index (χ3n) is 3.31. The summed E-state index contributed by atoms with van der Waals surface area (Å²) in [4.78, 5) is 13.9. The van der Waals surface area contributed by atoms with Crippen LogP contribution in [0.3, 0.4) is 0 Å². The van der Waals surface area contributed by atoms with Gasteiger partial charge in [0.1, 0.15) is 0 Å². The Morgan fingerprint density at radius 2 is 2.12 bits per heavy atom. The first-order valence-corrected chi connectivity index (χ1v) is 6.54. The maximum Gasteiger partial charge on any atom is 0.234 e. The van der Waals surface area contributed by atoms with Gasteiger partial charge in [-0.15, -0.1) is 0 Å². The fraction of sp³-hybridized carbons (Fsp3) is 0.846. The molecule has 17 heavy (non-hydrogen) atoms. The lowest BCUT2D eigenvalue weighted by atomic mass is 10.2. The van der Waals surface area contributed by atoms with Crippen molar-refractivity contribution in [3.05, 3.63) is 0 Å². The van der Waals surface area contributed by atoms with Crippen molar-refractivity contribution >= 4 is 5.91 Å². The Morgan fingerprint density at radius 3 is 2.65 bits per heavy atom. The van der Waals surface area contributed by atoms with Crippen LogP contribution < -0.4 is 5.32 Å². The highest BCUT2D eigenvalue weighted by molar-refractivity contribution is 5.78. The van der Waals surface area contributed by atoms with Crippen LogP contribution in [0.25, 0.3) is 0 Å². The van der Waals surface area contributed by atoms with Crippen molar-refractivity contribution in [3.63, 3.8) is 0 Å². The molecule has 0 heterocycles. The minimum absolute atomic E-state index is 0.100. The maximum atomic E-state index is 11.8. The molecule has 1 saturated carbocycles. The summed E-state index contributed by atoms with van der Waals surface area (Å²) in [6.45, 7) is 5.20. The second-order valence-corrected chi connectivity index (χ2v) is 5.02. The van der Waals surface area contributed by atoms with Crippen LogP contribution in [0, 0.1) is 11.3 Å². The number of rotatable bonds is 6. The van der Waals surface area contributed by atoms with Gasteiger partial charge in [-0.25, -0.2) is 0 Å². The van der Waals surface area contributed by atoms with Crippen molar-refractivity contribution in [1.82, 2.24) is 10.2 Å². The number of nitrogens with one attached hydrogen (secondary N) is 1. The van der Waals surface area contributed by atoms with Gasteiger partial charge in [0.25, 0.3) is 0 Å². The fourth-order valence-electron chi connectivity index (χ4n) is 2.24. The monoisotopic (exact) mass is 237 g/mol. The molecule has 0 aromatic carbocycles. The van der Waals surface area contributed by atoms with E-state index in [9.17, 15) is 4.79 Å². The van der Waals surface area contributed by atoms with Gasteiger partial charge in [0.05, 0.1) is 12.6 Å². The van der Waals surface area contributed by atoms with E-state index in [1.165, 1.54) is 12.8 Å². The first-order chi connectivity index (χ1) is 8.13. The predicted octanol–water partition coefficient (Wildman–Crippen LogP) is 1.67. The van der Waals surface area contributed by atoms with Crippen molar-refractivity contribution in [3.8, 4) is 6.07 Å². The number of carbonyl (C=O) groups excluding carboxylic acids is 1. The summed E-state index contributed by atoms with van der Waals surface area (Å²) in [5.41, 5.74) is 0. The molecule has 0 aromatic heterocycles. The number of carbonyl (C=O) groups is 1. The van der Waals surface area contributed by atoms with Crippen LogP contribution in [0.15, 0.2) is 0 Å². The summed E-state index contributed by atoms with van der Waals surface area (Å²) in [6.07, 6.45) is 5.17. The number of hydrogen-bond acceptors (Lipinski definition) is 3. The lowest BCUT2D eigenvalue weighted by molar-refractivity contribution is -0.123. The molecule has 0 atom stereocenters. The summed E-state index contributed by atoms with van der Waals surface area (Å²) < 4.78 is 0. The summed E-state index contributed by atoms with van der Waals surface area (Å²) >= 11 is 0. The quantitative estimate of drug-likeness (QED) is 0.764. The molecule has 1 N–H and O–H groups in total. The van der Waals surface area contributed by atoms with E-state index < -0.39 is 0 Å². The number of amides is 1. The van der Waals surface area contributed by atoms with Crippen molar-refractivity contribution in [1.29, 1.82) is 5.26 Å². The third-order valence-corrected chi connectivity index (χ3v) is 3.31. The molecule has 0 radical (unpaired) electrons. The molecule has 1 aliphatic rings. The number of nitriles is 1. The van der Waals surface area contributed by atoms with E-state index in [0.29, 0.717) is 31.6 Å². The first kappa shape index (κ1) is 14.0. The minimum atomic E-state index is 0.100. The van der Waals surface area contributed by atoms with Crippen LogP contribution in [-0.4, -0.2) is 36.0 Å². The van der Waals surface area contributed by atoms with Gasteiger partial charge in [0.15, 0.2) is 0 Å². The Labute approximate surface area is 104 Å². The van der Waals surface area contributed by atoms with E-state index in [1.54, 1.807) is 0 Å². The van der Waals surface area contributed by atoms with E-state index in [1.807, 2.05) is 4.90 Å². The van der Waals surface area contributed by atoms with Gasteiger partial charge in [-0.2, -0.15) is 5.26 Å². The van der Waals surface area contributed by atoms with Crippen LogP contribution in [0.4, 0.5) is 0 Å². The van der Waals surface area contributed by atoms with E-state index in [4.69, 9.17) is 5.26 Å². The molecule has 0 unspecified atom stereocenters. The summed E-state index contributed by atoms with van der Waals surface area (Å²) in [6, 6.07) is 2.81. The largest absolute Gasteiger partial charge is 0.352 e. The molecule has 0 saturated heterocycles. The summed E-state index contributed by atoms with van der Waals surface area (Å²) in [7, 11) is 0. The van der Waals surface area contributed by atoms with Gasteiger partial charge in [-0.1, -0.05) is 12.8 Å². The summed E-state index contributed by atoms with van der Waals surface area (Å²) in [5, 5.41) is 11.7. The normalized spacial score (nSPS) is 16.4. The first-order valence-electron chi connectivity index (χ1n) is 6.54. The maximum absolute atomic E-state index is 11.8. The lowest BCUT2D eigenvalue weighted by Gasteiger charge is -2.25. The van der Waals surface area contributed by atoms with Crippen molar-refractivity contribution in [2.24, 2.45) is 0 Å². The van der Waals surface area contributed by atoms with Gasteiger partial charge in [-0.05, 0) is 26.7 Å². The smallest absolute Gasteiger partial charge is 0.234 e. The Bertz CT molecular complexity index is 277. The molecule has 1 aliphatic carbocycles. The molecule has 0 spiro atoms. The van der Waals surface area contributed by atoms with Crippen molar-refractivity contribution in [2.45, 2.75) is 58.0 Å². The highest BCUT2D eigenvalue weighted by Crippen LogP contribution is 2.17. The van der Waals surface area contributed by atoms with E-state index >= 15 is 0 Å². The van der Waals surface area contributed by atoms with Crippen molar-refractivity contribution in [2.75, 3.05) is 13.1 Å². The SMILES string of the molecule is CC(C)N(CCC#N)CC(=O)NC1CCCC1. The average Bonchev–Trinajstić information content (AvgIpc) is 2.76. The van der Waals surface area contributed by atoms with Crippen LogP contribution in [0.2, 0.25) is 0 Å². The standard InChI is InChI=1S/C13H23N3O/c1-11(2)16(9-5-8-14)10-13(17)15-12-6-3-4-7-12/h11-12H,3-7,9-10H2,1-2H3,(H,15,17). The zero-order valence-corrected chi connectivity index (χ0v) is 10.9. The number of nitrogens with zero attached hydrogens (tertiary/aromatic N) is 2. The highest BCUT2D eigenvalue weighted by Gasteiger charge is 2.19. The van der Waals surface area contributed by atoms with Gasteiger partial charge in [0, 0.05) is 25.0 Å². The average molecular weight is 237 g/mol. The van der Waals surface area contributed by atoms with Gasteiger partial charge in [0.2, 0.25) is 5.91 Å². The molecular formula is C13H23N3O. The zero-order chi connectivity index (χ0) is 12.7. The minimum Gasteiger partial charge on any atom is -0.352 e. The fourth-order valence-corrected chi connectivity index (χ4v) is 2.24. The molecular weight excluding hydrogens is 214 g/mol. The third kappa shape index (κ3) is 5.18. The zero-order valence-electron chi connectivity index (χ0n) is 10.9. The van der Waals surface area contributed by atoms with Gasteiger partial charge >= 0.3 is 0 Å². The van der Waals surface area contributed by atoms with Gasteiger partial charge < -0.3 is 5.32 Å². The second kappa shape index (κ2) is 7.29. The van der Waals surface area contributed by atoms with E-state index in [-0.39, 0.29) is 5.91 Å². The molecule has 96 valence electrons. The Hall–Kier alpha value is -1.08.